The molecule has 1 aliphatic heterocycles. The monoisotopic (exact) mass is 363 g/mol. The van der Waals surface area contributed by atoms with Gasteiger partial charge in [0.25, 0.3) is 5.91 Å². The standard InChI is InChI=1S/C21H21N3OS/c22-20-23-21(16-8-3-1-4-9-16,17-10-5-2-6-11-17)19(25)24(20)14-13-18-12-7-15-26-18/h1-12,15,20,23H,13-14,22H2. The van der Waals surface area contributed by atoms with E-state index in [0.717, 1.165) is 17.5 Å². The van der Waals surface area contributed by atoms with Crippen molar-refractivity contribution in [3.8, 4) is 0 Å². The summed E-state index contributed by atoms with van der Waals surface area (Å²) >= 11 is 1.70. The number of nitrogens with one attached hydrogen (secondary N) is 1. The second-order valence-corrected chi connectivity index (χ2v) is 7.43. The van der Waals surface area contributed by atoms with Crippen LogP contribution in [-0.2, 0) is 16.8 Å². The van der Waals surface area contributed by atoms with Gasteiger partial charge in [-0.2, -0.15) is 0 Å². The molecule has 1 aromatic heterocycles. The predicted octanol–water partition coefficient (Wildman–Crippen LogP) is 2.91. The zero-order valence-electron chi connectivity index (χ0n) is 14.3. The van der Waals surface area contributed by atoms with Gasteiger partial charge in [0.05, 0.1) is 0 Å². The summed E-state index contributed by atoms with van der Waals surface area (Å²) in [5.41, 5.74) is 7.22. The lowest BCUT2D eigenvalue weighted by molar-refractivity contribution is -0.132. The van der Waals surface area contributed by atoms with Crippen LogP contribution < -0.4 is 11.1 Å². The van der Waals surface area contributed by atoms with Crippen LogP contribution >= 0.6 is 11.3 Å². The Labute approximate surface area is 157 Å². The number of thiophene rings is 1. The Bertz CT molecular complexity index is 825. The SMILES string of the molecule is NC1NC(c2ccccc2)(c2ccccc2)C(=O)N1CCc1cccs1. The zero-order valence-corrected chi connectivity index (χ0v) is 15.2. The van der Waals surface area contributed by atoms with Gasteiger partial charge in [0, 0.05) is 11.4 Å². The highest BCUT2D eigenvalue weighted by Gasteiger charge is 2.52. The van der Waals surface area contributed by atoms with Gasteiger partial charge in [-0.05, 0) is 29.0 Å². The first-order chi connectivity index (χ1) is 12.7. The van der Waals surface area contributed by atoms with Crippen molar-refractivity contribution in [2.24, 2.45) is 5.73 Å². The van der Waals surface area contributed by atoms with Gasteiger partial charge in [-0.1, -0.05) is 66.7 Å². The van der Waals surface area contributed by atoms with Gasteiger partial charge < -0.3 is 4.90 Å². The Kier molecular flexibility index (Phi) is 4.59. The molecular weight excluding hydrogens is 342 g/mol. The first-order valence-corrected chi connectivity index (χ1v) is 9.57. The van der Waals surface area contributed by atoms with Crippen molar-refractivity contribution in [2.75, 3.05) is 6.54 Å². The molecule has 4 rings (SSSR count). The Morgan fingerprint density at radius 2 is 1.58 bits per heavy atom. The van der Waals surface area contributed by atoms with Crippen LogP contribution in [0.3, 0.4) is 0 Å². The summed E-state index contributed by atoms with van der Waals surface area (Å²) in [5, 5.41) is 5.44. The molecule has 0 aliphatic carbocycles. The van der Waals surface area contributed by atoms with Gasteiger partial charge in [0.2, 0.25) is 0 Å². The third kappa shape index (κ3) is 2.84. The molecule has 0 bridgehead atoms. The molecular formula is C21H21N3OS. The van der Waals surface area contributed by atoms with Crippen LogP contribution in [0.15, 0.2) is 78.2 Å². The van der Waals surface area contributed by atoms with Gasteiger partial charge in [-0.3, -0.25) is 15.8 Å². The average molecular weight is 363 g/mol. The molecule has 3 N–H and O–H groups in total. The van der Waals surface area contributed by atoms with Gasteiger partial charge in [0.1, 0.15) is 6.29 Å². The second-order valence-electron chi connectivity index (χ2n) is 6.40. The van der Waals surface area contributed by atoms with Crippen LogP contribution in [-0.4, -0.2) is 23.6 Å². The first kappa shape index (κ1) is 17.0. The van der Waals surface area contributed by atoms with E-state index >= 15 is 0 Å². The number of nitrogens with two attached hydrogens (primary N) is 1. The number of carbonyl (C=O) groups excluding carboxylic acids is 1. The Balaban J connectivity index is 1.72. The first-order valence-electron chi connectivity index (χ1n) is 8.69. The number of hydrogen-bond donors (Lipinski definition) is 2. The van der Waals surface area contributed by atoms with E-state index < -0.39 is 11.8 Å². The molecule has 5 heteroatoms. The lowest BCUT2D eigenvalue weighted by atomic mass is 9.82. The summed E-state index contributed by atoms with van der Waals surface area (Å²) < 4.78 is 0. The number of rotatable bonds is 5. The smallest absolute Gasteiger partial charge is 0.254 e. The molecule has 2 heterocycles. The molecule has 132 valence electrons. The van der Waals surface area contributed by atoms with E-state index in [1.54, 1.807) is 16.2 Å². The molecule has 1 fully saturated rings. The van der Waals surface area contributed by atoms with Crippen LogP contribution in [0.25, 0.3) is 0 Å². The van der Waals surface area contributed by atoms with Crippen molar-refractivity contribution in [3.05, 3.63) is 94.2 Å². The van der Waals surface area contributed by atoms with E-state index in [1.165, 1.54) is 4.88 Å². The topological polar surface area (TPSA) is 58.4 Å². The molecule has 1 unspecified atom stereocenters. The summed E-state index contributed by atoms with van der Waals surface area (Å²) in [6.07, 6.45) is 0.279. The normalized spacial score (nSPS) is 19.0. The molecule has 1 aliphatic rings. The fraction of sp³-hybridized carbons (Fsp3) is 0.190. The van der Waals surface area contributed by atoms with Crippen molar-refractivity contribution in [2.45, 2.75) is 18.2 Å². The van der Waals surface area contributed by atoms with Crippen molar-refractivity contribution in [1.29, 1.82) is 0 Å². The minimum atomic E-state index is -0.947. The van der Waals surface area contributed by atoms with Crippen LogP contribution in [0.2, 0.25) is 0 Å². The molecule has 3 aromatic rings. The number of carbonyl (C=O) groups is 1. The average Bonchev–Trinajstić information content (AvgIpc) is 3.29. The molecule has 1 amide bonds. The van der Waals surface area contributed by atoms with E-state index in [0.29, 0.717) is 6.54 Å². The summed E-state index contributed by atoms with van der Waals surface area (Å²) in [5.74, 6) is -0.000967. The van der Waals surface area contributed by atoms with Gasteiger partial charge in [0.15, 0.2) is 5.54 Å². The summed E-state index contributed by atoms with van der Waals surface area (Å²) in [7, 11) is 0. The highest BCUT2D eigenvalue weighted by Crippen LogP contribution is 2.36. The number of hydrogen-bond acceptors (Lipinski definition) is 4. The molecule has 4 nitrogen and oxygen atoms in total. The number of amides is 1. The molecule has 2 aromatic carbocycles. The van der Waals surface area contributed by atoms with Crippen molar-refractivity contribution >= 4 is 17.2 Å². The summed E-state index contributed by atoms with van der Waals surface area (Å²) in [6.45, 7) is 0.592. The fourth-order valence-corrected chi connectivity index (χ4v) is 4.28. The minimum absolute atomic E-state index is 0.000967. The van der Waals surface area contributed by atoms with Crippen molar-refractivity contribution in [1.82, 2.24) is 10.2 Å². The van der Waals surface area contributed by atoms with Gasteiger partial charge >= 0.3 is 0 Å². The molecule has 26 heavy (non-hydrogen) atoms. The number of benzene rings is 2. The summed E-state index contributed by atoms with van der Waals surface area (Å²) in [6, 6.07) is 23.8. The molecule has 0 saturated carbocycles. The maximum atomic E-state index is 13.6. The highest BCUT2D eigenvalue weighted by molar-refractivity contribution is 7.09. The van der Waals surface area contributed by atoms with Crippen molar-refractivity contribution < 1.29 is 4.79 Å². The number of nitrogens with zero attached hydrogens (tertiary/aromatic N) is 1. The predicted molar refractivity (Wildman–Crippen MR) is 105 cm³/mol. The molecule has 1 atom stereocenters. The van der Waals surface area contributed by atoms with Gasteiger partial charge in [-0.25, -0.2) is 0 Å². The Hall–Kier alpha value is -2.47. The molecule has 0 spiro atoms. The zero-order chi connectivity index (χ0) is 18.0. The van der Waals surface area contributed by atoms with Gasteiger partial charge in [-0.15, -0.1) is 11.3 Å². The van der Waals surface area contributed by atoms with E-state index in [-0.39, 0.29) is 5.91 Å². The largest absolute Gasteiger partial charge is 0.312 e. The minimum Gasteiger partial charge on any atom is -0.312 e. The lowest BCUT2D eigenvalue weighted by Crippen LogP contribution is -2.48. The molecule has 1 saturated heterocycles. The summed E-state index contributed by atoms with van der Waals surface area (Å²) in [4.78, 5) is 16.6. The van der Waals surface area contributed by atoms with Crippen LogP contribution in [0.5, 0.6) is 0 Å². The maximum absolute atomic E-state index is 13.6. The van der Waals surface area contributed by atoms with Crippen LogP contribution in [0.1, 0.15) is 16.0 Å². The maximum Gasteiger partial charge on any atom is 0.254 e. The highest BCUT2D eigenvalue weighted by atomic mass is 32.1. The van der Waals surface area contributed by atoms with E-state index in [2.05, 4.69) is 16.8 Å². The fourth-order valence-electron chi connectivity index (χ4n) is 3.59. The van der Waals surface area contributed by atoms with Crippen molar-refractivity contribution in [3.63, 3.8) is 0 Å². The quantitative estimate of drug-likeness (QED) is 0.733. The second kappa shape index (κ2) is 7.03. The van der Waals surface area contributed by atoms with Crippen LogP contribution in [0.4, 0.5) is 0 Å². The molecule has 0 radical (unpaired) electrons. The lowest BCUT2D eigenvalue weighted by Gasteiger charge is -2.28. The third-order valence-electron chi connectivity index (χ3n) is 4.87. The van der Waals surface area contributed by atoms with E-state index in [4.69, 9.17) is 5.73 Å². The van der Waals surface area contributed by atoms with Crippen LogP contribution in [0, 0.1) is 0 Å². The Morgan fingerprint density at radius 1 is 0.962 bits per heavy atom. The third-order valence-corrected chi connectivity index (χ3v) is 5.81. The van der Waals surface area contributed by atoms with E-state index in [1.807, 2.05) is 66.7 Å². The van der Waals surface area contributed by atoms with E-state index in [9.17, 15) is 4.79 Å². The Morgan fingerprint density at radius 3 is 2.12 bits per heavy atom.